The Balaban J connectivity index is 1.73. The molecule has 1 fully saturated rings. The summed E-state index contributed by atoms with van der Waals surface area (Å²) in [6.45, 7) is 1.94. The highest BCUT2D eigenvalue weighted by Crippen LogP contribution is 2.38. The van der Waals surface area contributed by atoms with Crippen LogP contribution in [0.15, 0.2) is 60.7 Å². The van der Waals surface area contributed by atoms with Gasteiger partial charge in [-0.05, 0) is 31.2 Å². The predicted octanol–water partition coefficient (Wildman–Crippen LogP) is 3.09. The van der Waals surface area contributed by atoms with Gasteiger partial charge in [-0.2, -0.15) is 0 Å². The number of hydrogen-bond acceptors (Lipinski definition) is 7. The maximum Gasteiger partial charge on any atom is 0.339 e. The highest BCUT2D eigenvalue weighted by Gasteiger charge is 2.60. The molecule has 0 saturated carbocycles. The SMILES string of the molecule is CC(=O)OC1OC(COC(=O)c2ccccc2)C(F)C1(C)OC(=O)c1ccccc1. The van der Waals surface area contributed by atoms with Crippen LogP contribution in [0.25, 0.3) is 0 Å². The van der Waals surface area contributed by atoms with Crippen molar-refractivity contribution in [2.24, 2.45) is 0 Å². The average Bonchev–Trinajstić information content (AvgIpc) is 2.97. The second-order valence-electron chi connectivity index (χ2n) is 6.92. The molecule has 0 amide bonds. The number of rotatable bonds is 6. The normalized spacial score (nSPS) is 25.4. The average molecular weight is 416 g/mol. The molecule has 158 valence electrons. The number of esters is 3. The smallest absolute Gasteiger partial charge is 0.339 e. The Morgan fingerprint density at radius 2 is 1.50 bits per heavy atom. The van der Waals surface area contributed by atoms with E-state index in [2.05, 4.69) is 0 Å². The van der Waals surface area contributed by atoms with E-state index in [0.717, 1.165) is 6.92 Å². The lowest BCUT2D eigenvalue weighted by atomic mass is 9.98. The fourth-order valence-electron chi connectivity index (χ4n) is 3.03. The number of ether oxygens (including phenoxy) is 4. The van der Waals surface area contributed by atoms with Crippen LogP contribution in [0.3, 0.4) is 0 Å². The van der Waals surface area contributed by atoms with E-state index in [1.807, 2.05) is 0 Å². The second-order valence-corrected chi connectivity index (χ2v) is 6.92. The molecule has 0 spiro atoms. The van der Waals surface area contributed by atoms with Gasteiger partial charge in [0, 0.05) is 6.92 Å². The Hall–Kier alpha value is -3.26. The van der Waals surface area contributed by atoms with Crippen LogP contribution >= 0.6 is 0 Å². The minimum atomic E-state index is -1.93. The third kappa shape index (κ3) is 4.65. The van der Waals surface area contributed by atoms with E-state index in [9.17, 15) is 14.4 Å². The van der Waals surface area contributed by atoms with Gasteiger partial charge in [0.05, 0.1) is 11.1 Å². The van der Waals surface area contributed by atoms with Crippen molar-refractivity contribution in [1.82, 2.24) is 0 Å². The third-order valence-electron chi connectivity index (χ3n) is 4.62. The van der Waals surface area contributed by atoms with Crippen molar-refractivity contribution in [2.45, 2.75) is 38.0 Å². The van der Waals surface area contributed by atoms with Crippen molar-refractivity contribution in [3.8, 4) is 0 Å². The number of halogens is 1. The first-order valence-electron chi connectivity index (χ1n) is 9.28. The Kier molecular flexibility index (Phi) is 6.47. The van der Waals surface area contributed by atoms with Crippen LogP contribution in [0.4, 0.5) is 4.39 Å². The summed E-state index contributed by atoms with van der Waals surface area (Å²) >= 11 is 0. The van der Waals surface area contributed by atoms with Crippen molar-refractivity contribution in [2.75, 3.05) is 6.61 Å². The first kappa shape index (κ1) is 21.4. The second kappa shape index (κ2) is 9.04. The molecule has 2 aromatic rings. The van der Waals surface area contributed by atoms with Gasteiger partial charge in [0.15, 0.2) is 6.17 Å². The molecule has 0 radical (unpaired) electrons. The van der Waals surface area contributed by atoms with E-state index in [1.54, 1.807) is 48.5 Å². The summed E-state index contributed by atoms with van der Waals surface area (Å²) in [4.78, 5) is 36.0. The molecule has 4 atom stereocenters. The van der Waals surface area contributed by atoms with Gasteiger partial charge in [0.25, 0.3) is 0 Å². The number of carbonyl (C=O) groups is 3. The zero-order valence-electron chi connectivity index (χ0n) is 16.4. The van der Waals surface area contributed by atoms with Crippen LogP contribution in [0.2, 0.25) is 0 Å². The van der Waals surface area contributed by atoms with Gasteiger partial charge < -0.3 is 18.9 Å². The topological polar surface area (TPSA) is 88.1 Å². The molecule has 0 aromatic heterocycles. The van der Waals surface area contributed by atoms with Crippen LogP contribution in [-0.4, -0.2) is 48.7 Å². The summed E-state index contributed by atoms with van der Waals surface area (Å²) in [5.41, 5.74) is -1.44. The largest absolute Gasteiger partial charge is 0.459 e. The summed E-state index contributed by atoms with van der Waals surface area (Å²) < 4.78 is 36.3. The predicted molar refractivity (Wildman–Crippen MR) is 102 cm³/mol. The quantitative estimate of drug-likeness (QED) is 0.528. The molecule has 1 saturated heterocycles. The van der Waals surface area contributed by atoms with Crippen LogP contribution in [0, 0.1) is 0 Å². The van der Waals surface area contributed by atoms with Crippen LogP contribution < -0.4 is 0 Å². The number of alkyl halides is 1. The molecule has 8 heteroatoms. The summed E-state index contributed by atoms with van der Waals surface area (Å²) in [7, 11) is 0. The van der Waals surface area contributed by atoms with Crippen molar-refractivity contribution < 1.29 is 37.7 Å². The van der Waals surface area contributed by atoms with Crippen molar-refractivity contribution in [3.63, 3.8) is 0 Å². The summed E-state index contributed by atoms with van der Waals surface area (Å²) in [6.07, 6.45) is -4.72. The number of hydrogen-bond donors (Lipinski definition) is 0. The molecule has 1 aliphatic heterocycles. The molecule has 30 heavy (non-hydrogen) atoms. The van der Waals surface area contributed by atoms with Gasteiger partial charge in [-0.15, -0.1) is 0 Å². The number of benzene rings is 2. The lowest BCUT2D eigenvalue weighted by Gasteiger charge is -2.30. The Morgan fingerprint density at radius 3 is 2.03 bits per heavy atom. The van der Waals surface area contributed by atoms with Crippen LogP contribution in [-0.2, 0) is 23.7 Å². The van der Waals surface area contributed by atoms with E-state index < -0.39 is 48.7 Å². The van der Waals surface area contributed by atoms with E-state index in [4.69, 9.17) is 18.9 Å². The molecule has 4 unspecified atom stereocenters. The Morgan fingerprint density at radius 1 is 0.967 bits per heavy atom. The van der Waals surface area contributed by atoms with E-state index in [-0.39, 0.29) is 5.56 Å². The van der Waals surface area contributed by atoms with Gasteiger partial charge in [-0.25, -0.2) is 14.0 Å². The van der Waals surface area contributed by atoms with Crippen molar-refractivity contribution >= 4 is 17.9 Å². The van der Waals surface area contributed by atoms with Gasteiger partial charge in [-0.1, -0.05) is 36.4 Å². The summed E-state index contributed by atoms with van der Waals surface area (Å²) in [5, 5.41) is 0. The standard InChI is InChI=1S/C22H21FO7/c1-14(24)28-21-22(2,30-20(26)16-11-7-4-8-12-16)18(23)17(29-21)13-27-19(25)15-9-5-3-6-10-15/h3-12,17-18,21H,13H2,1-2H3. The van der Waals surface area contributed by atoms with Gasteiger partial charge in [0.1, 0.15) is 12.7 Å². The zero-order chi connectivity index (χ0) is 21.7. The molecule has 0 N–H and O–H groups in total. The molecule has 7 nitrogen and oxygen atoms in total. The van der Waals surface area contributed by atoms with Crippen LogP contribution in [0.1, 0.15) is 34.6 Å². The molecule has 1 aliphatic rings. The molecule has 1 heterocycles. The minimum Gasteiger partial charge on any atom is -0.459 e. The van der Waals surface area contributed by atoms with Gasteiger partial charge >= 0.3 is 17.9 Å². The highest BCUT2D eigenvalue weighted by molar-refractivity contribution is 5.90. The van der Waals surface area contributed by atoms with Crippen molar-refractivity contribution in [1.29, 1.82) is 0 Å². The molecule has 0 aliphatic carbocycles. The summed E-state index contributed by atoms with van der Waals surface area (Å²) in [5.74, 6) is -2.20. The van der Waals surface area contributed by atoms with Gasteiger partial charge in [0.2, 0.25) is 11.9 Å². The minimum absolute atomic E-state index is 0.200. The highest BCUT2D eigenvalue weighted by atomic mass is 19.1. The summed E-state index contributed by atoms with van der Waals surface area (Å²) in [6, 6.07) is 16.2. The molecular weight excluding hydrogens is 395 g/mol. The maximum atomic E-state index is 15.3. The van der Waals surface area contributed by atoms with Crippen molar-refractivity contribution in [3.05, 3.63) is 71.8 Å². The van der Waals surface area contributed by atoms with Gasteiger partial charge in [-0.3, -0.25) is 4.79 Å². The first-order chi connectivity index (χ1) is 14.3. The molecule has 3 rings (SSSR count). The monoisotopic (exact) mass is 416 g/mol. The number of carbonyl (C=O) groups excluding carboxylic acids is 3. The fourth-order valence-corrected chi connectivity index (χ4v) is 3.03. The van der Waals surface area contributed by atoms with E-state index in [1.165, 1.54) is 19.1 Å². The van der Waals surface area contributed by atoms with Crippen LogP contribution in [0.5, 0.6) is 0 Å². The maximum absolute atomic E-state index is 15.3. The lowest BCUT2D eigenvalue weighted by molar-refractivity contribution is -0.205. The third-order valence-corrected chi connectivity index (χ3v) is 4.62. The van der Waals surface area contributed by atoms with E-state index in [0.29, 0.717) is 5.56 Å². The zero-order valence-corrected chi connectivity index (χ0v) is 16.4. The molecular formula is C22H21FO7. The lowest BCUT2D eigenvalue weighted by Crippen LogP contribution is -2.49. The molecule has 2 aromatic carbocycles. The Bertz CT molecular complexity index is 902. The first-order valence-corrected chi connectivity index (χ1v) is 9.28. The molecule has 0 bridgehead atoms. The Labute approximate surface area is 172 Å². The fraction of sp³-hybridized carbons (Fsp3) is 0.318. The van der Waals surface area contributed by atoms with E-state index >= 15 is 4.39 Å².